The zero-order chi connectivity index (χ0) is 29.3. The van der Waals surface area contributed by atoms with Gasteiger partial charge in [0.15, 0.2) is 0 Å². The predicted octanol–water partition coefficient (Wildman–Crippen LogP) is 6.74. The van der Waals surface area contributed by atoms with Crippen molar-refractivity contribution >= 4 is 40.4 Å². The molecule has 1 aliphatic heterocycles. The molecule has 2 heterocycles. The number of ether oxygens (including phenoxy) is 1. The van der Waals surface area contributed by atoms with E-state index in [1.807, 2.05) is 62.0 Å². The molecule has 2 aromatic carbocycles. The van der Waals surface area contributed by atoms with Crippen molar-refractivity contribution in [3.63, 3.8) is 0 Å². The SMILES string of the molecule is CCc1cc2cc(c1)N(c1ccc(O)cc1)C(=O)c1cc(n(C)c1C)C1=CC(Cl)=CCC1C(=O)N(C)CCCCO2. The smallest absolute Gasteiger partial charge is 0.264 e. The predicted molar refractivity (Wildman–Crippen MR) is 163 cm³/mol. The molecule has 1 unspecified atom stereocenters. The normalized spacial score (nSPS) is 18.3. The Bertz CT molecular complexity index is 1540. The summed E-state index contributed by atoms with van der Waals surface area (Å²) >= 11 is 6.47. The summed E-state index contributed by atoms with van der Waals surface area (Å²) in [6.07, 6.45) is 6.58. The first-order valence-electron chi connectivity index (χ1n) is 14.1. The molecule has 4 bridgehead atoms. The van der Waals surface area contributed by atoms with Gasteiger partial charge in [0.25, 0.3) is 5.91 Å². The lowest BCUT2D eigenvalue weighted by molar-refractivity contribution is -0.132. The molecule has 1 N–H and O–H groups in total. The molecule has 8 heteroatoms. The molecule has 2 amide bonds. The number of halogens is 1. The molecule has 1 atom stereocenters. The van der Waals surface area contributed by atoms with Gasteiger partial charge in [-0.15, -0.1) is 0 Å². The number of hydrogen-bond donors (Lipinski definition) is 1. The zero-order valence-electron chi connectivity index (χ0n) is 24.0. The highest BCUT2D eigenvalue weighted by Crippen LogP contribution is 2.38. The number of rotatable bonds is 2. The maximum Gasteiger partial charge on any atom is 0.264 e. The molecule has 2 aliphatic rings. The van der Waals surface area contributed by atoms with Crippen LogP contribution in [0.4, 0.5) is 11.4 Å². The highest BCUT2D eigenvalue weighted by Gasteiger charge is 2.32. The van der Waals surface area contributed by atoms with Crippen LogP contribution in [0.2, 0.25) is 0 Å². The third kappa shape index (κ3) is 5.77. The number of allylic oxidation sites excluding steroid dienone is 3. The van der Waals surface area contributed by atoms with E-state index in [4.69, 9.17) is 16.3 Å². The summed E-state index contributed by atoms with van der Waals surface area (Å²) in [5, 5.41) is 10.6. The van der Waals surface area contributed by atoms with Gasteiger partial charge >= 0.3 is 0 Å². The Morgan fingerprint density at radius 2 is 1.78 bits per heavy atom. The summed E-state index contributed by atoms with van der Waals surface area (Å²) in [4.78, 5) is 31.6. The number of nitrogens with zero attached hydrogens (tertiary/aromatic N) is 3. The van der Waals surface area contributed by atoms with Crippen LogP contribution in [0.15, 0.2) is 65.7 Å². The minimum atomic E-state index is -0.402. The lowest BCUT2D eigenvalue weighted by Crippen LogP contribution is -2.35. The maximum absolute atomic E-state index is 14.5. The van der Waals surface area contributed by atoms with Gasteiger partial charge in [-0.25, -0.2) is 0 Å². The maximum atomic E-state index is 14.5. The summed E-state index contributed by atoms with van der Waals surface area (Å²) in [5.74, 6) is 0.203. The molecule has 7 nitrogen and oxygen atoms in total. The number of carbonyl (C=O) groups is 2. The summed E-state index contributed by atoms with van der Waals surface area (Å²) in [6, 6.07) is 14.4. The Hall–Kier alpha value is -3.97. The van der Waals surface area contributed by atoms with Gasteiger partial charge in [0.2, 0.25) is 5.91 Å². The molecule has 5 rings (SSSR count). The van der Waals surface area contributed by atoms with Gasteiger partial charge in [-0.1, -0.05) is 24.6 Å². The first-order chi connectivity index (χ1) is 19.7. The number of hydrogen-bond acceptors (Lipinski definition) is 4. The van der Waals surface area contributed by atoms with E-state index in [0.717, 1.165) is 41.8 Å². The number of aryl methyl sites for hydroxylation is 1. The molecule has 0 spiro atoms. The number of fused-ring (bicyclic) bond motifs is 6. The number of phenolic OH excluding ortho intramolecular Hbond substituents is 1. The molecule has 3 aromatic rings. The molecule has 214 valence electrons. The Balaban J connectivity index is 1.70. The molecule has 0 saturated carbocycles. The van der Waals surface area contributed by atoms with Gasteiger partial charge in [-0.2, -0.15) is 0 Å². The van der Waals surface area contributed by atoms with Crippen molar-refractivity contribution in [1.29, 1.82) is 0 Å². The highest BCUT2D eigenvalue weighted by molar-refractivity contribution is 6.32. The number of aromatic hydroxyl groups is 1. The Kier molecular flexibility index (Phi) is 8.27. The van der Waals surface area contributed by atoms with Crippen LogP contribution in [0.25, 0.3) is 5.57 Å². The quantitative estimate of drug-likeness (QED) is 0.368. The fourth-order valence-electron chi connectivity index (χ4n) is 5.53. The van der Waals surface area contributed by atoms with E-state index in [0.29, 0.717) is 47.3 Å². The molecule has 41 heavy (non-hydrogen) atoms. The van der Waals surface area contributed by atoms with E-state index in [-0.39, 0.29) is 17.6 Å². The number of carbonyl (C=O) groups excluding carboxylic acids is 2. The Labute approximate surface area is 246 Å². The molecule has 1 aromatic heterocycles. The van der Waals surface area contributed by atoms with E-state index in [1.54, 1.807) is 34.1 Å². The van der Waals surface area contributed by atoms with Crippen LogP contribution in [0.3, 0.4) is 0 Å². The lowest BCUT2D eigenvalue weighted by atomic mass is 9.87. The van der Waals surface area contributed by atoms with E-state index in [2.05, 4.69) is 6.92 Å². The summed E-state index contributed by atoms with van der Waals surface area (Å²) in [7, 11) is 3.75. The zero-order valence-corrected chi connectivity index (χ0v) is 24.7. The van der Waals surface area contributed by atoms with Crippen LogP contribution in [-0.2, 0) is 18.3 Å². The minimum absolute atomic E-state index is 0.0265. The van der Waals surface area contributed by atoms with Gasteiger partial charge < -0.3 is 19.3 Å². The van der Waals surface area contributed by atoms with Crippen molar-refractivity contribution in [2.24, 2.45) is 13.0 Å². The fourth-order valence-corrected chi connectivity index (χ4v) is 5.73. The first-order valence-corrected chi connectivity index (χ1v) is 14.4. The van der Waals surface area contributed by atoms with Gasteiger partial charge in [0, 0.05) is 48.8 Å². The topological polar surface area (TPSA) is 75.0 Å². The van der Waals surface area contributed by atoms with Gasteiger partial charge in [-0.05, 0) is 92.3 Å². The third-order valence-corrected chi connectivity index (χ3v) is 8.30. The molecule has 0 saturated heterocycles. The summed E-state index contributed by atoms with van der Waals surface area (Å²) < 4.78 is 8.13. The van der Waals surface area contributed by atoms with Gasteiger partial charge in [-0.3, -0.25) is 14.5 Å². The lowest BCUT2D eigenvalue weighted by Gasteiger charge is -2.27. The van der Waals surface area contributed by atoms with Crippen molar-refractivity contribution in [1.82, 2.24) is 9.47 Å². The second-order valence-corrected chi connectivity index (χ2v) is 11.2. The Morgan fingerprint density at radius 1 is 1.02 bits per heavy atom. The number of aromatic nitrogens is 1. The third-order valence-electron chi connectivity index (χ3n) is 8.04. The average molecular weight is 574 g/mol. The Morgan fingerprint density at radius 3 is 2.51 bits per heavy atom. The monoisotopic (exact) mass is 573 g/mol. The second-order valence-electron chi connectivity index (χ2n) is 10.7. The number of benzene rings is 2. The number of amides is 2. The van der Waals surface area contributed by atoms with Crippen LogP contribution in [0.1, 0.15) is 53.5 Å². The molecular weight excluding hydrogens is 538 g/mol. The number of anilines is 2. The van der Waals surface area contributed by atoms with E-state index >= 15 is 0 Å². The molecule has 0 fully saturated rings. The van der Waals surface area contributed by atoms with E-state index in [9.17, 15) is 14.7 Å². The summed E-state index contributed by atoms with van der Waals surface area (Å²) in [5.41, 5.74) is 5.20. The van der Waals surface area contributed by atoms with Crippen LogP contribution < -0.4 is 9.64 Å². The molecular formula is C33H36ClN3O4. The van der Waals surface area contributed by atoms with Crippen molar-refractivity contribution in [3.8, 4) is 11.5 Å². The van der Waals surface area contributed by atoms with Crippen molar-refractivity contribution in [2.75, 3.05) is 25.1 Å². The van der Waals surface area contributed by atoms with Gasteiger partial charge in [0.05, 0.1) is 23.8 Å². The van der Waals surface area contributed by atoms with Crippen LogP contribution >= 0.6 is 11.6 Å². The largest absolute Gasteiger partial charge is 0.508 e. The standard InChI is InChI=1S/C33H36ClN3O4/c1-5-22-16-25-19-27(17-22)41-15-7-6-14-35(3)32(39)28-13-8-23(34)18-30(28)31-20-29(21(2)36(31)4)33(40)37(25)24-9-11-26(38)12-10-24/h8-12,16-20,28,38H,5-7,13-15H2,1-4H3. The van der Waals surface area contributed by atoms with E-state index < -0.39 is 5.92 Å². The average Bonchev–Trinajstić information content (AvgIpc) is 3.26. The fraction of sp³-hybridized carbons (Fsp3) is 0.333. The van der Waals surface area contributed by atoms with Crippen LogP contribution in [0, 0.1) is 12.8 Å². The van der Waals surface area contributed by atoms with Crippen molar-refractivity contribution in [2.45, 2.75) is 39.5 Å². The van der Waals surface area contributed by atoms with Crippen molar-refractivity contribution < 1.29 is 19.4 Å². The van der Waals surface area contributed by atoms with E-state index in [1.165, 1.54) is 0 Å². The highest BCUT2D eigenvalue weighted by atomic mass is 35.5. The first kappa shape index (κ1) is 28.6. The molecule has 1 aliphatic carbocycles. The van der Waals surface area contributed by atoms with Crippen LogP contribution in [0.5, 0.6) is 11.5 Å². The summed E-state index contributed by atoms with van der Waals surface area (Å²) in [6.45, 7) is 5.09. The minimum Gasteiger partial charge on any atom is -0.508 e. The van der Waals surface area contributed by atoms with Crippen LogP contribution in [-0.4, -0.2) is 46.6 Å². The molecule has 0 radical (unpaired) electrons. The van der Waals surface area contributed by atoms with Gasteiger partial charge in [0.1, 0.15) is 11.5 Å². The van der Waals surface area contributed by atoms with Crippen molar-refractivity contribution in [3.05, 3.63) is 88.2 Å². The number of phenols is 1. The second kappa shape index (κ2) is 11.9.